The van der Waals surface area contributed by atoms with Crippen LogP contribution in [-0.2, 0) is 11.2 Å². The number of hydrogen-bond donors (Lipinski definition) is 0. The van der Waals surface area contributed by atoms with E-state index in [9.17, 15) is 14.9 Å². The molecule has 1 aliphatic heterocycles. The minimum atomic E-state index is -0.445. The first-order valence-electron chi connectivity index (χ1n) is 10.6. The van der Waals surface area contributed by atoms with Crippen LogP contribution >= 0.6 is 0 Å². The first-order chi connectivity index (χ1) is 15.4. The fourth-order valence-corrected chi connectivity index (χ4v) is 3.76. The first kappa shape index (κ1) is 21.6. The fraction of sp³-hybridized carbons (Fsp3) is 0.348. The second-order valence-electron chi connectivity index (χ2n) is 8.02. The van der Waals surface area contributed by atoms with Crippen molar-refractivity contribution in [3.63, 3.8) is 0 Å². The predicted molar refractivity (Wildman–Crippen MR) is 118 cm³/mol. The molecule has 0 N–H and O–H groups in total. The number of rotatable bonds is 6. The Balaban J connectivity index is 1.31. The smallest absolute Gasteiger partial charge is 0.269 e. The van der Waals surface area contributed by atoms with Gasteiger partial charge in [0.25, 0.3) is 5.69 Å². The standard InChI is InChI=1S/C23H25N5O4/c1-16-3-7-19(8-4-16)22-24-23(32-25-22)17(2)26-11-13-27(14-12-26)21(29)15-18-5-9-20(10-6-18)28(30)31/h3-10,17H,11-15H2,1-2H3. The van der Waals surface area contributed by atoms with Gasteiger partial charge in [-0.05, 0) is 19.4 Å². The van der Waals surface area contributed by atoms with E-state index in [0.29, 0.717) is 37.9 Å². The number of non-ortho nitro benzene ring substituents is 1. The van der Waals surface area contributed by atoms with Gasteiger partial charge in [0.15, 0.2) is 0 Å². The number of carbonyl (C=O) groups excluding carboxylic acids is 1. The number of hydrogen-bond acceptors (Lipinski definition) is 7. The normalized spacial score (nSPS) is 15.5. The van der Waals surface area contributed by atoms with Crippen LogP contribution in [0.15, 0.2) is 53.1 Å². The largest absolute Gasteiger partial charge is 0.340 e. The van der Waals surface area contributed by atoms with Crippen molar-refractivity contribution in [3.05, 3.63) is 75.7 Å². The molecule has 2 heterocycles. The maximum Gasteiger partial charge on any atom is 0.269 e. The number of benzene rings is 2. The van der Waals surface area contributed by atoms with Crippen molar-refractivity contribution in [1.29, 1.82) is 0 Å². The van der Waals surface area contributed by atoms with Crippen molar-refractivity contribution in [3.8, 4) is 11.4 Å². The molecule has 0 saturated carbocycles. The van der Waals surface area contributed by atoms with Crippen molar-refractivity contribution < 1.29 is 14.2 Å². The van der Waals surface area contributed by atoms with E-state index in [1.165, 1.54) is 17.7 Å². The van der Waals surface area contributed by atoms with E-state index in [0.717, 1.165) is 11.1 Å². The highest BCUT2D eigenvalue weighted by Gasteiger charge is 2.27. The van der Waals surface area contributed by atoms with Gasteiger partial charge >= 0.3 is 0 Å². The number of aromatic nitrogens is 2. The van der Waals surface area contributed by atoms with Gasteiger partial charge in [0.1, 0.15) is 0 Å². The second-order valence-corrected chi connectivity index (χ2v) is 8.02. The molecule has 9 heteroatoms. The lowest BCUT2D eigenvalue weighted by atomic mass is 10.1. The van der Waals surface area contributed by atoms with E-state index < -0.39 is 4.92 Å². The molecule has 9 nitrogen and oxygen atoms in total. The summed E-state index contributed by atoms with van der Waals surface area (Å²) in [5.41, 5.74) is 2.88. The molecule has 1 aliphatic rings. The molecular formula is C23H25N5O4. The maximum absolute atomic E-state index is 12.6. The lowest BCUT2D eigenvalue weighted by Gasteiger charge is -2.36. The van der Waals surface area contributed by atoms with Crippen LogP contribution in [0, 0.1) is 17.0 Å². The summed E-state index contributed by atoms with van der Waals surface area (Å²) in [6.45, 7) is 6.68. The van der Waals surface area contributed by atoms with Gasteiger partial charge in [0.2, 0.25) is 17.6 Å². The minimum absolute atomic E-state index is 0.0191. The highest BCUT2D eigenvalue weighted by atomic mass is 16.6. The van der Waals surface area contributed by atoms with Crippen LogP contribution in [-0.4, -0.2) is 56.9 Å². The maximum atomic E-state index is 12.6. The Hall–Kier alpha value is -3.59. The molecule has 0 spiro atoms. The molecule has 0 radical (unpaired) electrons. The van der Waals surface area contributed by atoms with E-state index >= 15 is 0 Å². The quantitative estimate of drug-likeness (QED) is 0.431. The van der Waals surface area contributed by atoms with Crippen LogP contribution in [0.5, 0.6) is 0 Å². The summed E-state index contributed by atoms with van der Waals surface area (Å²) in [5, 5.41) is 14.9. The summed E-state index contributed by atoms with van der Waals surface area (Å²) in [5.74, 6) is 1.15. The highest BCUT2D eigenvalue weighted by molar-refractivity contribution is 5.79. The van der Waals surface area contributed by atoms with Gasteiger partial charge in [-0.15, -0.1) is 0 Å². The SMILES string of the molecule is Cc1ccc(-c2noc(C(C)N3CCN(C(=O)Cc4ccc([N+](=O)[O-])cc4)CC3)n2)cc1. The summed E-state index contributed by atoms with van der Waals surface area (Å²) in [6.07, 6.45) is 0.233. The summed E-state index contributed by atoms with van der Waals surface area (Å²) in [4.78, 5) is 31.6. The Morgan fingerprint density at radius 2 is 1.75 bits per heavy atom. The Kier molecular flexibility index (Phi) is 6.27. The van der Waals surface area contributed by atoms with Gasteiger partial charge in [-0.2, -0.15) is 4.98 Å². The average molecular weight is 435 g/mol. The number of amides is 1. The number of nitro benzene ring substituents is 1. The first-order valence-corrected chi connectivity index (χ1v) is 10.6. The third-order valence-corrected chi connectivity index (χ3v) is 5.83. The van der Waals surface area contributed by atoms with Gasteiger partial charge in [-0.1, -0.05) is 47.1 Å². The van der Waals surface area contributed by atoms with Gasteiger partial charge < -0.3 is 9.42 Å². The Morgan fingerprint density at radius 3 is 2.38 bits per heavy atom. The van der Waals surface area contributed by atoms with Gasteiger partial charge in [0.05, 0.1) is 17.4 Å². The lowest BCUT2D eigenvalue weighted by Crippen LogP contribution is -2.49. The molecule has 0 bridgehead atoms. The van der Waals surface area contributed by atoms with E-state index in [1.807, 2.05) is 43.0 Å². The van der Waals surface area contributed by atoms with Crippen molar-refractivity contribution in [2.24, 2.45) is 0 Å². The molecule has 4 rings (SSSR count). The molecule has 3 aromatic rings. The lowest BCUT2D eigenvalue weighted by molar-refractivity contribution is -0.384. The molecule has 1 atom stereocenters. The van der Waals surface area contributed by atoms with E-state index in [1.54, 1.807) is 12.1 Å². The van der Waals surface area contributed by atoms with Crippen LogP contribution in [0.2, 0.25) is 0 Å². The molecule has 2 aromatic carbocycles. The Morgan fingerprint density at radius 1 is 1.09 bits per heavy atom. The van der Waals surface area contributed by atoms with Gasteiger partial charge in [-0.25, -0.2) is 0 Å². The summed E-state index contributed by atoms with van der Waals surface area (Å²) in [7, 11) is 0. The van der Waals surface area contributed by atoms with Crippen molar-refractivity contribution >= 4 is 11.6 Å². The number of aryl methyl sites for hydroxylation is 1. The average Bonchev–Trinajstić information content (AvgIpc) is 3.30. The highest BCUT2D eigenvalue weighted by Crippen LogP contribution is 2.24. The van der Waals surface area contributed by atoms with Crippen LogP contribution < -0.4 is 0 Å². The molecule has 0 aliphatic carbocycles. The van der Waals surface area contributed by atoms with Crippen LogP contribution in [0.25, 0.3) is 11.4 Å². The van der Waals surface area contributed by atoms with E-state index in [4.69, 9.17) is 4.52 Å². The van der Waals surface area contributed by atoms with Crippen molar-refractivity contribution in [2.75, 3.05) is 26.2 Å². The van der Waals surface area contributed by atoms with Crippen LogP contribution in [0.1, 0.15) is 30.0 Å². The van der Waals surface area contributed by atoms with E-state index in [2.05, 4.69) is 15.0 Å². The Labute approximate surface area is 185 Å². The fourth-order valence-electron chi connectivity index (χ4n) is 3.76. The second kappa shape index (κ2) is 9.27. The molecule has 1 fully saturated rings. The number of nitro groups is 1. The topological polar surface area (TPSA) is 106 Å². The summed E-state index contributed by atoms with van der Waals surface area (Å²) in [6, 6.07) is 14.1. The number of nitrogens with zero attached hydrogens (tertiary/aromatic N) is 5. The molecule has 32 heavy (non-hydrogen) atoms. The number of carbonyl (C=O) groups is 1. The molecule has 1 amide bonds. The molecule has 1 saturated heterocycles. The molecule has 166 valence electrons. The predicted octanol–water partition coefficient (Wildman–Crippen LogP) is 3.40. The van der Waals surface area contributed by atoms with Crippen molar-refractivity contribution in [1.82, 2.24) is 19.9 Å². The van der Waals surface area contributed by atoms with Crippen LogP contribution in [0.3, 0.4) is 0 Å². The number of piperazine rings is 1. The zero-order valence-corrected chi connectivity index (χ0v) is 18.1. The van der Waals surface area contributed by atoms with Crippen LogP contribution in [0.4, 0.5) is 5.69 Å². The monoisotopic (exact) mass is 435 g/mol. The zero-order valence-electron chi connectivity index (χ0n) is 18.1. The third kappa shape index (κ3) is 4.83. The van der Waals surface area contributed by atoms with Gasteiger partial charge in [0, 0.05) is 43.9 Å². The summed E-state index contributed by atoms with van der Waals surface area (Å²) >= 11 is 0. The minimum Gasteiger partial charge on any atom is -0.340 e. The molecule has 1 aromatic heterocycles. The van der Waals surface area contributed by atoms with Crippen molar-refractivity contribution in [2.45, 2.75) is 26.3 Å². The Bertz CT molecular complexity index is 1090. The third-order valence-electron chi connectivity index (χ3n) is 5.83. The molecule has 1 unspecified atom stereocenters. The zero-order chi connectivity index (χ0) is 22.7. The van der Waals surface area contributed by atoms with Gasteiger partial charge in [-0.3, -0.25) is 19.8 Å². The molecular weight excluding hydrogens is 410 g/mol. The summed E-state index contributed by atoms with van der Waals surface area (Å²) < 4.78 is 5.51. The van der Waals surface area contributed by atoms with E-state index in [-0.39, 0.29) is 24.1 Å².